The number of carbonyl (C=O) groups is 1. The molecule has 1 amide bonds. The molecule has 4 unspecified atom stereocenters. The molecular weight excluding hydrogens is 244 g/mol. The summed E-state index contributed by atoms with van der Waals surface area (Å²) >= 11 is 0. The molecule has 1 aromatic heterocycles. The molecule has 1 saturated carbocycles. The van der Waals surface area contributed by atoms with E-state index in [1.807, 2.05) is 6.92 Å². The summed E-state index contributed by atoms with van der Waals surface area (Å²) in [4.78, 5) is 15.7. The van der Waals surface area contributed by atoms with Crippen molar-refractivity contribution in [2.24, 2.45) is 17.4 Å². The summed E-state index contributed by atoms with van der Waals surface area (Å²) in [5.74, 6) is 0.436. The van der Waals surface area contributed by atoms with Crippen LogP contribution in [0.4, 0.5) is 5.82 Å². The molecule has 19 heavy (non-hydrogen) atoms. The summed E-state index contributed by atoms with van der Waals surface area (Å²) in [6.07, 6.45) is 2.79. The minimum absolute atomic E-state index is 0.0000926. The van der Waals surface area contributed by atoms with E-state index in [2.05, 4.69) is 10.3 Å². The van der Waals surface area contributed by atoms with Crippen molar-refractivity contribution in [1.82, 2.24) is 4.98 Å². The number of aryl methyl sites for hydroxylation is 1. The van der Waals surface area contributed by atoms with E-state index in [0.29, 0.717) is 17.3 Å². The lowest BCUT2D eigenvalue weighted by Gasteiger charge is -2.46. The molecule has 1 aliphatic heterocycles. The first-order valence-corrected chi connectivity index (χ1v) is 6.48. The largest absolute Gasteiger partial charge is 0.376 e. The summed E-state index contributed by atoms with van der Waals surface area (Å²) in [6.45, 7) is 2.59. The highest BCUT2D eigenvalue weighted by atomic mass is 16.5. The molecule has 1 saturated heterocycles. The quantitative estimate of drug-likeness (QED) is 0.712. The second-order valence-corrected chi connectivity index (χ2v) is 5.25. The van der Waals surface area contributed by atoms with E-state index in [9.17, 15) is 4.79 Å². The number of amides is 1. The highest BCUT2D eigenvalue weighted by Crippen LogP contribution is 2.39. The first kappa shape index (κ1) is 12.4. The molecule has 1 aromatic rings. The van der Waals surface area contributed by atoms with Gasteiger partial charge in [-0.2, -0.15) is 0 Å². The Labute approximate surface area is 111 Å². The number of rotatable bonds is 3. The van der Waals surface area contributed by atoms with Crippen molar-refractivity contribution in [3.05, 3.63) is 23.4 Å². The fourth-order valence-corrected chi connectivity index (χ4v) is 3.06. The third-order valence-corrected chi connectivity index (χ3v) is 4.16. The second-order valence-electron chi connectivity index (χ2n) is 5.25. The number of aromatic nitrogens is 1. The zero-order valence-corrected chi connectivity index (χ0v) is 10.8. The molecule has 0 radical (unpaired) electrons. The van der Waals surface area contributed by atoms with Gasteiger partial charge in [0.25, 0.3) is 5.91 Å². The minimum atomic E-state index is -0.482. The number of ether oxygens (including phenoxy) is 1. The Kier molecular flexibility index (Phi) is 2.91. The topological polar surface area (TPSA) is 103 Å². The normalized spacial score (nSPS) is 32.5. The van der Waals surface area contributed by atoms with Crippen molar-refractivity contribution >= 4 is 11.7 Å². The molecular formula is C13H18N4O2. The van der Waals surface area contributed by atoms with Crippen LogP contribution in [0.2, 0.25) is 0 Å². The van der Waals surface area contributed by atoms with Gasteiger partial charge < -0.3 is 21.5 Å². The molecule has 2 fully saturated rings. The number of hydrogen-bond acceptors (Lipinski definition) is 5. The van der Waals surface area contributed by atoms with E-state index < -0.39 is 5.91 Å². The van der Waals surface area contributed by atoms with Crippen LogP contribution >= 0.6 is 0 Å². The number of nitrogens with zero attached hydrogens (tertiary/aromatic N) is 1. The van der Waals surface area contributed by atoms with Gasteiger partial charge in [0.2, 0.25) is 0 Å². The van der Waals surface area contributed by atoms with Crippen LogP contribution in [-0.4, -0.2) is 35.7 Å². The third kappa shape index (κ3) is 1.87. The summed E-state index contributed by atoms with van der Waals surface area (Å²) in [5.41, 5.74) is 12.8. The van der Waals surface area contributed by atoms with Crippen LogP contribution in [0, 0.1) is 12.8 Å². The van der Waals surface area contributed by atoms with Gasteiger partial charge in [-0.1, -0.05) is 0 Å². The van der Waals surface area contributed by atoms with Crippen molar-refractivity contribution in [1.29, 1.82) is 0 Å². The van der Waals surface area contributed by atoms with E-state index in [4.69, 9.17) is 16.2 Å². The fourth-order valence-electron chi connectivity index (χ4n) is 3.06. The fraction of sp³-hybridized carbons (Fsp3) is 0.538. The van der Waals surface area contributed by atoms with Crippen LogP contribution in [0.1, 0.15) is 22.3 Å². The molecule has 1 aliphatic carbocycles. The van der Waals surface area contributed by atoms with Gasteiger partial charge in [-0.3, -0.25) is 4.79 Å². The molecule has 3 rings (SSSR count). The van der Waals surface area contributed by atoms with Crippen LogP contribution in [0.3, 0.4) is 0 Å². The maximum Gasteiger partial charge on any atom is 0.252 e. The average Bonchev–Trinajstić information content (AvgIpc) is 2.80. The lowest BCUT2D eigenvalue weighted by Crippen LogP contribution is -2.65. The van der Waals surface area contributed by atoms with Crippen molar-refractivity contribution < 1.29 is 9.53 Å². The summed E-state index contributed by atoms with van der Waals surface area (Å²) in [6, 6.07) is 1.80. The summed E-state index contributed by atoms with van der Waals surface area (Å²) in [7, 11) is 0. The number of pyridine rings is 1. The third-order valence-electron chi connectivity index (χ3n) is 4.16. The Hall–Kier alpha value is -1.66. The average molecular weight is 262 g/mol. The number of fused-ring (bicyclic) bond motifs is 1. The first-order chi connectivity index (χ1) is 9.09. The Bertz CT molecular complexity index is 519. The molecule has 6 heteroatoms. The van der Waals surface area contributed by atoms with Crippen molar-refractivity contribution in [2.75, 3.05) is 11.9 Å². The lowest BCUT2D eigenvalue weighted by atomic mass is 9.72. The first-order valence-electron chi connectivity index (χ1n) is 6.48. The molecule has 4 atom stereocenters. The molecule has 2 heterocycles. The van der Waals surface area contributed by atoms with Crippen molar-refractivity contribution in [2.45, 2.75) is 31.5 Å². The number of anilines is 1. The van der Waals surface area contributed by atoms with Gasteiger partial charge in [-0.25, -0.2) is 4.98 Å². The maximum absolute atomic E-state index is 11.5. The van der Waals surface area contributed by atoms with Gasteiger partial charge >= 0.3 is 0 Å². The van der Waals surface area contributed by atoms with E-state index >= 15 is 0 Å². The molecule has 2 aliphatic rings. The molecule has 0 spiro atoms. The number of primary amides is 1. The molecule has 6 nitrogen and oxygen atoms in total. The van der Waals surface area contributed by atoms with E-state index in [1.54, 1.807) is 12.3 Å². The summed E-state index contributed by atoms with van der Waals surface area (Å²) in [5, 5.41) is 3.23. The number of carbonyl (C=O) groups excluding carboxylic acids is 1. The molecule has 102 valence electrons. The zero-order chi connectivity index (χ0) is 13.6. The smallest absolute Gasteiger partial charge is 0.252 e. The Morgan fingerprint density at radius 2 is 2.37 bits per heavy atom. The Morgan fingerprint density at radius 1 is 1.58 bits per heavy atom. The highest BCUT2D eigenvalue weighted by molar-refractivity contribution is 5.99. The number of hydrogen-bond donors (Lipinski definition) is 3. The maximum atomic E-state index is 11.5. The van der Waals surface area contributed by atoms with E-state index in [1.165, 1.54) is 0 Å². The monoisotopic (exact) mass is 262 g/mol. The predicted octanol–water partition coefficient (Wildman–Crippen LogP) is 0.0154. The van der Waals surface area contributed by atoms with E-state index in [-0.39, 0.29) is 18.2 Å². The van der Waals surface area contributed by atoms with E-state index in [0.717, 1.165) is 18.6 Å². The van der Waals surface area contributed by atoms with Crippen LogP contribution in [0.5, 0.6) is 0 Å². The minimum Gasteiger partial charge on any atom is -0.376 e. The SMILES string of the molecule is Cc1ccnc(NC2C(N)C3CCOC32)c1C(N)=O. The summed E-state index contributed by atoms with van der Waals surface area (Å²) < 4.78 is 5.65. The predicted molar refractivity (Wildman–Crippen MR) is 70.7 cm³/mol. The van der Waals surface area contributed by atoms with Crippen LogP contribution in [0.15, 0.2) is 12.3 Å². The van der Waals surface area contributed by atoms with Crippen molar-refractivity contribution in [3.8, 4) is 0 Å². The Balaban J connectivity index is 1.84. The van der Waals surface area contributed by atoms with Crippen LogP contribution < -0.4 is 16.8 Å². The van der Waals surface area contributed by atoms with Gasteiger partial charge in [0, 0.05) is 24.8 Å². The zero-order valence-electron chi connectivity index (χ0n) is 10.8. The van der Waals surface area contributed by atoms with Gasteiger partial charge in [-0.15, -0.1) is 0 Å². The number of nitrogens with two attached hydrogens (primary N) is 2. The van der Waals surface area contributed by atoms with Gasteiger partial charge in [0.1, 0.15) is 5.82 Å². The number of nitrogens with one attached hydrogen (secondary N) is 1. The Morgan fingerprint density at radius 3 is 3.11 bits per heavy atom. The molecule has 0 aromatic carbocycles. The van der Waals surface area contributed by atoms with Gasteiger partial charge in [0.15, 0.2) is 0 Å². The molecule has 5 N–H and O–H groups in total. The van der Waals surface area contributed by atoms with Crippen molar-refractivity contribution in [3.63, 3.8) is 0 Å². The molecule has 0 bridgehead atoms. The van der Waals surface area contributed by atoms with Gasteiger partial charge in [-0.05, 0) is 25.0 Å². The van der Waals surface area contributed by atoms with Gasteiger partial charge in [0.05, 0.1) is 17.7 Å². The standard InChI is InChI=1S/C13H18N4O2/c1-6-2-4-16-13(8(6)12(15)18)17-10-9(14)7-3-5-19-11(7)10/h2,4,7,9-11H,3,5,14H2,1H3,(H2,15,18)(H,16,17). The van der Waals surface area contributed by atoms with Crippen LogP contribution in [0.25, 0.3) is 0 Å². The lowest BCUT2D eigenvalue weighted by molar-refractivity contribution is 0.00520. The second kappa shape index (κ2) is 4.47. The van der Waals surface area contributed by atoms with Crippen LogP contribution in [-0.2, 0) is 4.74 Å². The highest BCUT2D eigenvalue weighted by Gasteiger charge is 2.52.